The summed E-state index contributed by atoms with van der Waals surface area (Å²) in [5.74, 6) is 0.675. The SMILES string of the molecule is O=C(CSCc1ccccc1)N/N=C/c1ccc(F)cc1. The van der Waals surface area contributed by atoms with Gasteiger partial charge in [0.2, 0.25) is 5.91 Å². The van der Waals surface area contributed by atoms with E-state index >= 15 is 0 Å². The van der Waals surface area contributed by atoms with Crippen LogP contribution in [-0.2, 0) is 10.5 Å². The molecule has 1 amide bonds. The van der Waals surface area contributed by atoms with Gasteiger partial charge in [0.25, 0.3) is 0 Å². The Balaban J connectivity index is 1.69. The van der Waals surface area contributed by atoms with Crippen LogP contribution >= 0.6 is 11.8 Å². The normalized spacial score (nSPS) is 10.7. The summed E-state index contributed by atoms with van der Waals surface area (Å²) in [6.45, 7) is 0. The van der Waals surface area contributed by atoms with Gasteiger partial charge < -0.3 is 0 Å². The van der Waals surface area contributed by atoms with Crippen LogP contribution in [0.5, 0.6) is 0 Å². The standard InChI is InChI=1S/C16H15FN2OS/c17-15-8-6-13(7-9-15)10-18-19-16(20)12-21-11-14-4-2-1-3-5-14/h1-10H,11-12H2,(H,19,20)/b18-10+. The third-order valence-electron chi connectivity index (χ3n) is 2.62. The van der Waals surface area contributed by atoms with Crippen molar-refractivity contribution in [2.45, 2.75) is 5.75 Å². The molecule has 2 aromatic rings. The Labute approximate surface area is 127 Å². The average Bonchev–Trinajstić information content (AvgIpc) is 2.50. The van der Waals surface area contributed by atoms with E-state index in [4.69, 9.17) is 0 Å². The van der Waals surface area contributed by atoms with Crippen LogP contribution in [0.2, 0.25) is 0 Å². The van der Waals surface area contributed by atoms with Gasteiger partial charge in [0.05, 0.1) is 12.0 Å². The lowest BCUT2D eigenvalue weighted by Crippen LogP contribution is -2.19. The summed E-state index contributed by atoms with van der Waals surface area (Å²) in [6.07, 6.45) is 1.49. The molecular weight excluding hydrogens is 287 g/mol. The lowest BCUT2D eigenvalue weighted by atomic mass is 10.2. The summed E-state index contributed by atoms with van der Waals surface area (Å²) in [7, 11) is 0. The van der Waals surface area contributed by atoms with Gasteiger partial charge in [0, 0.05) is 5.75 Å². The Bertz CT molecular complexity index is 599. The summed E-state index contributed by atoms with van der Waals surface area (Å²) < 4.78 is 12.7. The molecule has 108 valence electrons. The fraction of sp³-hybridized carbons (Fsp3) is 0.125. The number of hydrogen-bond acceptors (Lipinski definition) is 3. The highest BCUT2D eigenvalue weighted by Crippen LogP contribution is 2.10. The summed E-state index contributed by atoms with van der Waals surface area (Å²) in [5.41, 5.74) is 4.36. The minimum atomic E-state index is -0.298. The minimum Gasteiger partial charge on any atom is -0.272 e. The topological polar surface area (TPSA) is 41.5 Å². The van der Waals surface area contributed by atoms with Gasteiger partial charge in [-0.3, -0.25) is 4.79 Å². The van der Waals surface area contributed by atoms with Crippen LogP contribution in [0.4, 0.5) is 4.39 Å². The first-order chi connectivity index (χ1) is 10.2. The smallest absolute Gasteiger partial charge is 0.250 e. The first-order valence-corrected chi connectivity index (χ1v) is 7.58. The van der Waals surface area contributed by atoms with Crippen molar-refractivity contribution in [1.29, 1.82) is 0 Å². The molecule has 1 N–H and O–H groups in total. The summed E-state index contributed by atoms with van der Waals surface area (Å²) >= 11 is 1.53. The molecule has 0 aromatic heterocycles. The van der Waals surface area contributed by atoms with Crippen molar-refractivity contribution in [2.24, 2.45) is 5.10 Å². The van der Waals surface area contributed by atoms with Crippen LogP contribution < -0.4 is 5.43 Å². The van der Waals surface area contributed by atoms with E-state index < -0.39 is 0 Å². The van der Waals surface area contributed by atoms with Gasteiger partial charge in [0.1, 0.15) is 5.82 Å². The molecule has 0 heterocycles. The molecule has 3 nitrogen and oxygen atoms in total. The predicted molar refractivity (Wildman–Crippen MR) is 84.7 cm³/mol. The molecule has 2 aromatic carbocycles. The number of amides is 1. The number of hydrogen-bond donors (Lipinski definition) is 1. The quantitative estimate of drug-likeness (QED) is 0.657. The van der Waals surface area contributed by atoms with Crippen molar-refractivity contribution >= 4 is 23.9 Å². The number of nitrogens with zero attached hydrogens (tertiary/aromatic N) is 1. The number of halogens is 1. The van der Waals surface area contributed by atoms with Crippen LogP contribution in [0.15, 0.2) is 59.7 Å². The number of nitrogens with one attached hydrogen (secondary N) is 1. The van der Waals surface area contributed by atoms with Crippen LogP contribution in [0.3, 0.4) is 0 Å². The maximum atomic E-state index is 12.7. The molecule has 21 heavy (non-hydrogen) atoms. The van der Waals surface area contributed by atoms with Gasteiger partial charge in [-0.25, -0.2) is 9.82 Å². The second kappa shape index (κ2) is 8.21. The van der Waals surface area contributed by atoms with Gasteiger partial charge in [0.15, 0.2) is 0 Å². The molecule has 2 rings (SSSR count). The second-order valence-electron chi connectivity index (χ2n) is 4.32. The second-order valence-corrected chi connectivity index (χ2v) is 5.31. The fourth-order valence-electron chi connectivity index (χ4n) is 1.60. The molecule has 0 saturated carbocycles. The zero-order valence-corrected chi connectivity index (χ0v) is 12.1. The summed E-state index contributed by atoms with van der Waals surface area (Å²) in [6, 6.07) is 15.8. The van der Waals surface area contributed by atoms with E-state index in [9.17, 15) is 9.18 Å². The summed E-state index contributed by atoms with van der Waals surface area (Å²) in [4.78, 5) is 11.6. The van der Waals surface area contributed by atoms with Crippen LogP contribution in [0.1, 0.15) is 11.1 Å². The van der Waals surface area contributed by atoms with Crippen molar-refractivity contribution in [2.75, 3.05) is 5.75 Å². The van der Waals surface area contributed by atoms with Crippen LogP contribution in [-0.4, -0.2) is 17.9 Å². The van der Waals surface area contributed by atoms with E-state index in [1.807, 2.05) is 30.3 Å². The summed E-state index contributed by atoms with van der Waals surface area (Å²) in [5, 5.41) is 3.84. The number of carbonyl (C=O) groups is 1. The molecule has 0 radical (unpaired) electrons. The first kappa shape index (κ1) is 15.3. The zero-order chi connectivity index (χ0) is 14.9. The van der Waals surface area contributed by atoms with Crippen molar-refractivity contribution in [3.05, 3.63) is 71.5 Å². The molecule has 0 aliphatic rings. The van der Waals surface area contributed by atoms with E-state index in [0.717, 1.165) is 11.3 Å². The molecule has 0 saturated heterocycles. The van der Waals surface area contributed by atoms with Gasteiger partial charge in [-0.1, -0.05) is 42.5 Å². The van der Waals surface area contributed by atoms with Crippen LogP contribution in [0, 0.1) is 5.82 Å². The van der Waals surface area contributed by atoms with Gasteiger partial charge >= 0.3 is 0 Å². The number of carbonyl (C=O) groups excluding carboxylic acids is 1. The van der Waals surface area contributed by atoms with E-state index in [2.05, 4.69) is 10.5 Å². The highest BCUT2D eigenvalue weighted by Gasteiger charge is 2.00. The van der Waals surface area contributed by atoms with E-state index in [1.165, 1.54) is 35.7 Å². The average molecular weight is 302 g/mol. The number of benzene rings is 2. The first-order valence-electron chi connectivity index (χ1n) is 6.43. The predicted octanol–water partition coefficient (Wildman–Crippen LogP) is 3.21. The third-order valence-corrected chi connectivity index (χ3v) is 3.62. The highest BCUT2D eigenvalue weighted by molar-refractivity contribution is 7.99. The van der Waals surface area contributed by atoms with Gasteiger partial charge in [-0.2, -0.15) is 5.10 Å². The fourth-order valence-corrected chi connectivity index (χ4v) is 2.38. The van der Waals surface area contributed by atoms with Crippen molar-refractivity contribution in [3.8, 4) is 0 Å². The third kappa shape index (κ3) is 5.79. The Hall–Kier alpha value is -2.14. The molecule has 0 unspecified atom stereocenters. The Kier molecular flexibility index (Phi) is 5.97. The maximum absolute atomic E-state index is 12.7. The highest BCUT2D eigenvalue weighted by atomic mass is 32.2. The molecule has 0 spiro atoms. The lowest BCUT2D eigenvalue weighted by molar-refractivity contribution is -0.118. The van der Waals surface area contributed by atoms with Gasteiger partial charge in [-0.15, -0.1) is 11.8 Å². The largest absolute Gasteiger partial charge is 0.272 e. The van der Waals surface area contributed by atoms with E-state index in [1.54, 1.807) is 12.1 Å². The Morgan fingerprint density at radius 1 is 1.14 bits per heavy atom. The Morgan fingerprint density at radius 3 is 2.57 bits per heavy atom. The van der Waals surface area contributed by atoms with Crippen LogP contribution in [0.25, 0.3) is 0 Å². The molecule has 0 atom stereocenters. The molecule has 0 bridgehead atoms. The Morgan fingerprint density at radius 2 is 1.86 bits per heavy atom. The van der Waals surface area contributed by atoms with Gasteiger partial charge in [-0.05, 0) is 23.3 Å². The van der Waals surface area contributed by atoms with E-state index in [0.29, 0.717) is 5.75 Å². The lowest BCUT2D eigenvalue weighted by Gasteiger charge is -2.01. The van der Waals surface area contributed by atoms with Crippen molar-refractivity contribution in [1.82, 2.24) is 5.43 Å². The van der Waals surface area contributed by atoms with Crippen molar-refractivity contribution < 1.29 is 9.18 Å². The molecule has 0 fully saturated rings. The number of hydrazone groups is 1. The zero-order valence-electron chi connectivity index (χ0n) is 11.3. The number of rotatable bonds is 6. The molecule has 0 aliphatic carbocycles. The molecule has 0 aliphatic heterocycles. The monoisotopic (exact) mass is 302 g/mol. The number of thioether (sulfide) groups is 1. The maximum Gasteiger partial charge on any atom is 0.250 e. The van der Waals surface area contributed by atoms with E-state index in [-0.39, 0.29) is 11.7 Å². The minimum absolute atomic E-state index is 0.158. The molecule has 5 heteroatoms. The molecular formula is C16H15FN2OS. The van der Waals surface area contributed by atoms with Crippen molar-refractivity contribution in [3.63, 3.8) is 0 Å².